The van der Waals surface area contributed by atoms with Crippen LogP contribution >= 0.6 is 0 Å². The van der Waals surface area contributed by atoms with Gasteiger partial charge in [-0.15, -0.1) is 0 Å². The molecule has 1 aliphatic carbocycles. The molecular formula is C26H36N2O3S. The van der Waals surface area contributed by atoms with Crippen LogP contribution in [0.2, 0.25) is 0 Å². The molecule has 0 bridgehead atoms. The number of amides is 1. The van der Waals surface area contributed by atoms with Gasteiger partial charge in [-0.2, -0.15) is 0 Å². The van der Waals surface area contributed by atoms with E-state index in [1.807, 2.05) is 32.0 Å². The number of fused-ring (bicyclic) bond motifs is 1. The third-order valence-electron chi connectivity index (χ3n) is 6.32. The Kier molecular flexibility index (Phi) is 7.99. The molecule has 5 nitrogen and oxygen atoms in total. The van der Waals surface area contributed by atoms with Gasteiger partial charge in [-0.25, -0.2) is 8.42 Å². The minimum absolute atomic E-state index is 0.0141. The highest BCUT2D eigenvalue weighted by Crippen LogP contribution is 2.27. The van der Waals surface area contributed by atoms with Crippen molar-refractivity contribution in [3.05, 3.63) is 64.2 Å². The molecule has 1 N–H and O–H groups in total. The summed E-state index contributed by atoms with van der Waals surface area (Å²) in [5.41, 5.74) is 6.62. The van der Waals surface area contributed by atoms with Crippen LogP contribution in [0, 0.1) is 13.8 Å². The number of carbonyl (C=O) groups excluding carboxylic acids is 1. The van der Waals surface area contributed by atoms with E-state index in [1.54, 1.807) is 0 Å². The molecule has 1 atom stereocenters. The van der Waals surface area contributed by atoms with Crippen molar-refractivity contribution < 1.29 is 13.2 Å². The summed E-state index contributed by atoms with van der Waals surface area (Å²) in [6.45, 7) is 6.22. The predicted molar refractivity (Wildman–Crippen MR) is 132 cm³/mol. The maximum atomic E-state index is 12.7. The molecular weight excluding hydrogens is 420 g/mol. The third kappa shape index (κ3) is 6.12. The molecule has 0 aliphatic heterocycles. The Morgan fingerprint density at radius 3 is 2.47 bits per heavy atom. The first kappa shape index (κ1) is 24.3. The number of aryl methyl sites for hydroxylation is 4. The van der Waals surface area contributed by atoms with Gasteiger partial charge in [0, 0.05) is 13.0 Å². The van der Waals surface area contributed by atoms with Crippen molar-refractivity contribution >= 4 is 21.6 Å². The molecule has 0 aromatic heterocycles. The van der Waals surface area contributed by atoms with Crippen molar-refractivity contribution in [1.29, 1.82) is 0 Å². The largest absolute Gasteiger partial charge is 0.349 e. The Morgan fingerprint density at radius 1 is 1.06 bits per heavy atom. The lowest BCUT2D eigenvalue weighted by molar-refractivity contribution is -0.121. The van der Waals surface area contributed by atoms with E-state index in [4.69, 9.17) is 0 Å². The second kappa shape index (κ2) is 10.5. The molecule has 2 aromatic carbocycles. The fraction of sp³-hybridized carbons (Fsp3) is 0.500. The topological polar surface area (TPSA) is 66.5 Å². The second-order valence-electron chi connectivity index (χ2n) is 8.99. The fourth-order valence-electron chi connectivity index (χ4n) is 4.49. The average molecular weight is 457 g/mol. The van der Waals surface area contributed by atoms with E-state index >= 15 is 0 Å². The maximum Gasteiger partial charge on any atom is 0.232 e. The minimum Gasteiger partial charge on any atom is -0.349 e. The highest BCUT2D eigenvalue weighted by molar-refractivity contribution is 7.92. The van der Waals surface area contributed by atoms with Gasteiger partial charge in [0.2, 0.25) is 15.9 Å². The first-order valence-corrected chi connectivity index (χ1v) is 13.5. The van der Waals surface area contributed by atoms with Crippen LogP contribution in [0.1, 0.15) is 72.9 Å². The Morgan fingerprint density at radius 2 is 1.78 bits per heavy atom. The number of hydrogen-bond donors (Lipinski definition) is 1. The van der Waals surface area contributed by atoms with Crippen molar-refractivity contribution in [2.75, 3.05) is 17.1 Å². The average Bonchev–Trinajstić information content (AvgIpc) is 2.76. The van der Waals surface area contributed by atoms with Crippen molar-refractivity contribution in [3.8, 4) is 0 Å². The smallest absolute Gasteiger partial charge is 0.232 e. The number of sulfonamides is 1. The van der Waals surface area contributed by atoms with Gasteiger partial charge in [0.05, 0.1) is 18.0 Å². The minimum atomic E-state index is -3.43. The van der Waals surface area contributed by atoms with Crippen LogP contribution in [-0.2, 0) is 27.7 Å². The van der Waals surface area contributed by atoms with Crippen LogP contribution in [0.25, 0.3) is 0 Å². The van der Waals surface area contributed by atoms with Crippen molar-refractivity contribution in [3.63, 3.8) is 0 Å². The lowest BCUT2D eigenvalue weighted by Crippen LogP contribution is -2.33. The van der Waals surface area contributed by atoms with Crippen molar-refractivity contribution in [2.24, 2.45) is 0 Å². The van der Waals surface area contributed by atoms with Crippen molar-refractivity contribution in [1.82, 2.24) is 5.32 Å². The van der Waals surface area contributed by atoms with Gasteiger partial charge >= 0.3 is 0 Å². The third-order valence-corrected chi connectivity index (χ3v) is 7.50. The lowest BCUT2D eigenvalue weighted by atomic mass is 9.89. The number of anilines is 1. The Balaban J connectivity index is 1.62. The number of rotatable bonds is 9. The van der Waals surface area contributed by atoms with Crippen LogP contribution in [-0.4, -0.2) is 27.1 Å². The molecule has 0 spiro atoms. The quantitative estimate of drug-likeness (QED) is 0.578. The van der Waals surface area contributed by atoms with Gasteiger partial charge in [-0.05, 0) is 86.3 Å². The molecule has 0 fully saturated rings. The number of carbonyl (C=O) groups is 1. The molecule has 0 unspecified atom stereocenters. The van der Waals surface area contributed by atoms with Gasteiger partial charge < -0.3 is 5.32 Å². The number of nitrogens with zero attached hydrogens (tertiary/aromatic N) is 1. The van der Waals surface area contributed by atoms with Crippen molar-refractivity contribution in [2.45, 2.75) is 71.8 Å². The van der Waals surface area contributed by atoms with E-state index in [-0.39, 0.29) is 18.5 Å². The number of hydrogen-bond acceptors (Lipinski definition) is 3. The second-order valence-corrected chi connectivity index (χ2v) is 10.9. The Labute approximate surface area is 193 Å². The molecule has 0 heterocycles. The fourth-order valence-corrected chi connectivity index (χ4v) is 5.51. The first-order valence-electron chi connectivity index (χ1n) is 11.6. The van der Waals surface area contributed by atoms with E-state index in [2.05, 4.69) is 30.4 Å². The van der Waals surface area contributed by atoms with E-state index in [0.717, 1.165) is 36.0 Å². The van der Waals surface area contributed by atoms with Crippen LogP contribution in [0.15, 0.2) is 36.4 Å². The molecule has 3 rings (SSSR count). The summed E-state index contributed by atoms with van der Waals surface area (Å²) in [4.78, 5) is 12.7. The highest BCUT2D eigenvalue weighted by Gasteiger charge is 2.20. The highest BCUT2D eigenvalue weighted by atomic mass is 32.2. The van der Waals surface area contributed by atoms with Crippen LogP contribution in [0.5, 0.6) is 0 Å². The monoisotopic (exact) mass is 456 g/mol. The van der Waals surface area contributed by atoms with Crippen LogP contribution in [0.4, 0.5) is 5.69 Å². The summed E-state index contributed by atoms with van der Waals surface area (Å²) in [6.07, 6.45) is 7.55. The maximum absolute atomic E-state index is 12.7. The summed E-state index contributed by atoms with van der Waals surface area (Å²) in [5, 5.41) is 3.16. The zero-order valence-corrected chi connectivity index (χ0v) is 20.6. The number of benzene rings is 2. The molecule has 174 valence electrons. The molecule has 0 saturated heterocycles. The van der Waals surface area contributed by atoms with Crippen LogP contribution in [0.3, 0.4) is 0 Å². The van der Waals surface area contributed by atoms with Crippen LogP contribution < -0.4 is 9.62 Å². The normalized spacial score (nSPS) is 14.5. The summed E-state index contributed by atoms with van der Waals surface area (Å²) in [6, 6.07) is 12.4. The summed E-state index contributed by atoms with van der Waals surface area (Å²) < 4.78 is 26.3. The zero-order chi connectivity index (χ0) is 23.3. The molecule has 6 heteroatoms. The van der Waals surface area contributed by atoms with Gasteiger partial charge in [0.1, 0.15) is 0 Å². The molecule has 1 aliphatic rings. The zero-order valence-electron chi connectivity index (χ0n) is 19.8. The number of nitrogens with one attached hydrogen (secondary N) is 1. The van der Waals surface area contributed by atoms with Gasteiger partial charge in [-0.3, -0.25) is 9.10 Å². The van der Waals surface area contributed by atoms with E-state index in [1.165, 1.54) is 34.5 Å². The SMILES string of the molecule is CC[C@@H](NC(=O)CCCN(c1cc(C)ccc1C)S(C)(=O)=O)c1ccc2c(c1)CCCC2. The first-order chi connectivity index (χ1) is 15.2. The Hall–Kier alpha value is -2.34. The van der Waals surface area contributed by atoms with E-state index < -0.39 is 10.0 Å². The summed E-state index contributed by atoms with van der Waals surface area (Å²) in [5.74, 6) is -0.0380. The summed E-state index contributed by atoms with van der Waals surface area (Å²) in [7, 11) is -3.43. The van der Waals surface area contributed by atoms with Gasteiger partial charge in [0.25, 0.3) is 0 Å². The predicted octanol–water partition coefficient (Wildman–Crippen LogP) is 5.00. The standard InChI is InChI=1S/C26H36N2O3S/c1-5-24(23-15-14-21-9-6-7-10-22(21)18-23)27-26(29)11-8-16-28(32(4,30)31)25-17-19(2)12-13-20(25)3/h12-15,17-18,24H,5-11,16H2,1-4H3,(H,27,29)/t24-/m1/s1. The summed E-state index contributed by atoms with van der Waals surface area (Å²) >= 11 is 0. The van der Waals surface area contributed by atoms with E-state index in [9.17, 15) is 13.2 Å². The Bertz CT molecular complexity index is 1060. The lowest BCUT2D eigenvalue weighted by Gasteiger charge is -2.25. The molecule has 0 radical (unpaired) electrons. The molecule has 0 saturated carbocycles. The van der Waals surface area contributed by atoms with Gasteiger partial charge in [0.15, 0.2) is 0 Å². The van der Waals surface area contributed by atoms with Gasteiger partial charge in [-0.1, -0.05) is 37.3 Å². The van der Waals surface area contributed by atoms with E-state index in [0.29, 0.717) is 18.5 Å². The molecule has 1 amide bonds. The molecule has 32 heavy (non-hydrogen) atoms. The molecule has 2 aromatic rings.